The third kappa shape index (κ3) is 2.72. The van der Waals surface area contributed by atoms with Crippen LogP contribution in [-0.2, 0) is 0 Å². The van der Waals surface area contributed by atoms with Crippen molar-refractivity contribution in [3.63, 3.8) is 0 Å². The molecular formula is C14H14F3NO3. The third-order valence-electron chi connectivity index (χ3n) is 3.36. The van der Waals surface area contributed by atoms with Gasteiger partial charge in [0, 0.05) is 5.56 Å². The van der Waals surface area contributed by atoms with E-state index in [1.807, 2.05) is 13.8 Å². The van der Waals surface area contributed by atoms with Crippen molar-refractivity contribution in [1.29, 1.82) is 0 Å². The van der Waals surface area contributed by atoms with Crippen molar-refractivity contribution >= 4 is 5.69 Å². The molecule has 21 heavy (non-hydrogen) atoms. The van der Waals surface area contributed by atoms with Gasteiger partial charge in [-0.15, -0.1) is 0 Å². The summed E-state index contributed by atoms with van der Waals surface area (Å²) in [5.74, 6) is -0.317. The SMILES string of the molecule is Cc1c(N[C@@H](c2cc(C(C)C)co2)C(F)(F)F)c(=O)c1=O. The molecule has 1 aromatic heterocycles. The van der Waals surface area contributed by atoms with Gasteiger partial charge in [-0.05, 0) is 24.5 Å². The number of alkyl halides is 3. The van der Waals surface area contributed by atoms with Crippen LogP contribution in [0.5, 0.6) is 0 Å². The maximum absolute atomic E-state index is 13.1. The Labute approximate surface area is 118 Å². The van der Waals surface area contributed by atoms with E-state index in [0.717, 1.165) is 0 Å². The Hall–Kier alpha value is -2.05. The van der Waals surface area contributed by atoms with Gasteiger partial charge in [0.2, 0.25) is 10.9 Å². The van der Waals surface area contributed by atoms with Crippen LogP contribution < -0.4 is 16.2 Å². The lowest BCUT2D eigenvalue weighted by Gasteiger charge is -2.22. The lowest BCUT2D eigenvalue weighted by molar-refractivity contribution is -0.147. The van der Waals surface area contributed by atoms with E-state index < -0.39 is 23.1 Å². The highest BCUT2D eigenvalue weighted by molar-refractivity contribution is 5.56. The minimum absolute atomic E-state index is 0.00453. The van der Waals surface area contributed by atoms with Crippen molar-refractivity contribution in [2.24, 2.45) is 0 Å². The molecule has 0 spiro atoms. The van der Waals surface area contributed by atoms with Gasteiger partial charge in [-0.1, -0.05) is 13.8 Å². The molecule has 1 atom stereocenters. The average molecular weight is 301 g/mol. The molecule has 0 aliphatic carbocycles. The Morgan fingerprint density at radius 1 is 1.19 bits per heavy atom. The molecule has 0 saturated carbocycles. The minimum Gasteiger partial charge on any atom is -0.466 e. The van der Waals surface area contributed by atoms with Crippen molar-refractivity contribution in [3.8, 4) is 0 Å². The van der Waals surface area contributed by atoms with Gasteiger partial charge in [0.1, 0.15) is 5.76 Å². The molecule has 0 aliphatic heterocycles. The Balaban J connectivity index is 2.36. The first kappa shape index (κ1) is 15.3. The molecule has 2 rings (SSSR count). The van der Waals surface area contributed by atoms with Crippen LogP contribution in [0.4, 0.5) is 18.9 Å². The van der Waals surface area contributed by atoms with Crippen LogP contribution in [0.15, 0.2) is 26.3 Å². The van der Waals surface area contributed by atoms with Gasteiger partial charge in [-0.3, -0.25) is 9.59 Å². The van der Waals surface area contributed by atoms with E-state index in [1.165, 1.54) is 19.3 Å². The number of hydrogen-bond donors (Lipinski definition) is 1. The topological polar surface area (TPSA) is 59.3 Å². The highest BCUT2D eigenvalue weighted by atomic mass is 19.4. The predicted molar refractivity (Wildman–Crippen MR) is 71.3 cm³/mol. The zero-order valence-corrected chi connectivity index (χ0v) is 11.7. The number of anilines is 1. The standard InChI is InChI=1S/C14H14F3NO3/c1-6(2)8-4-9(21-5-8)13(14(15,16)17)18-10-7(3)11(19)12(10)20/h4-6,13,18H,1-3H3/t13-/m0/s1. The summed E-state index contributed by atoms with van der Waals surface area (Å²) in [6, 6.07) is -0.858. The third-order valence-corrected chi connectivity index (χ3v) is 3.36. The van der Waals surface area contributed by atoms with Gasteiger partial charge in [0.25, 0.3) is 0 Å². The summed E-state index contributed by atoms with van der Waals surface area (Å²) in [5, 5.41) is 2.08. The number of nitrogens with one attached hydrogen (secondary N) is 1. The molecule has 0 radical (unpaired) electrons. The van der Waals surface area contributed by atoms with E-state index in [9.17, 15) is 22.8 Å². The Morgan fingerprint density at radius 3 is 2.24 bits per heavy atom. The molecule has 0 amide bonds. The van der Waals surface area contributed by atoms with E-state index in [1.54, 1.807) is 0 Å². The zero-order chi connectivity index (χ0) is 15.9. The molecule has 0 bridgehead atoms. The van der Waals surface area contributed by atoms with Gasteiger partial charge in [-0.2, -0.15) is 13.2 Å². The van der Waals surface area contributed by atoms with Crippen LogP contribution in [0.25, 0.3) is 0 Å². The molecule has 1 heterocycles. The summed E-state index contributed by atoms with van der Waals surface area (Å²) < 4.78 is 44.4. The average Bonchev–Trinajstić information content (AvgIpc) is 2.86. The molecule has 4 nitrogen and oxygen atoms in total. The van der Waals surface area contributed by atoms with E-state index >= 15 is 0 Å². The van der Waals surface area contributed by atoms with E-state index in [4.69, 9.17) is 4.42 Å². The van der Waals surface area contributed by atoms with Crippen LogP contribution in [0, 0.1) is 6.92 Å². The maximum atomic E-state index is 13.1. The fourth-order valence-electron chi connectivity index (χ4n) is 1.96. The van der Waals surface area contributed by atoms with Crippen LogP contribution in [-0.4, -0.2) is 6.18 Å². The highest BCUT2D eigenvalue weighted by Gasteiger charge is 2.44. The van der Waals surface area contributed by atoms with Crippen LogP contribution in [0.3, 0.4) is 0 Å². The summed E-state index contributed by atoms with van der Waals surface area (Å²) in [7, 11) is 0. The molecule has 1 aromatic carbocycles. The van der Waals surface area contributed by atoms with Crippen molar-refractivity contribution in [2.75, 3.05) is 5.32 Å². The zero-order valence-electron chi connectivity index (χ0n) is 11.7. The number of rotatable bonds is 4. The quantitative estimate of drug-likeness (QED) is 0.882. The van der Waals surface area contributed by atoms with Crippen molar-refractivity contribution in [3.05, 3.63) is 49.7 Å². The Morgan fingerprint density at radius 2 is 1.81 bits per heavy atom. The molecular weight excluding hydrogens is 287 g/mol. The van der Waals surface area contributed by atoms with Gasteiger partial charge in [0.15, 0.2) is 6.04 Å². The Bertz CT molecular complexity index is 721. The fourth-order valence-corrected chi connectivity index (χ4v) is 1.96. The van der Waals surface area contributed by atoms with Crippen molar-refractivity contribution < 1.29 is 17.6 Å². The first-order valence-corrected chi connectivity index (χ1v) is 6.34. The van der Waals surface area contributed by atoms with E-state index in [0.29, 0.717) is 5.56 Å². The molecule has 0 fully saturated rings. The normalized spacial score (nSPS) is 13.9. The van der Waals surface area contributed by atoms with Gasteiger partial charge in [0.05, 0.1) is 12.0 Å². The second-order valence-electron chi connectivity index (χ2n) is 5.21. The summed E-state index contributed by atoms with van der Waals surface area (Å²) in [6.07, 6.45) is -3.40. The smallest absolute Gasteiger partial charge is 0.415 e. The summed E-state index contributed by atoms with van der Waals surface area (Å²) in [4.78, 5) is 22.4. The van der Waals surface area contributed by atoms with Gasteiger partial charge >= 0.3 is 6.18 Å². The van der Waals surface area contributed by atoms with Crippen LogP contribution >= 0.6 is 0 Å². The number of halogens is 3. The second-order valence-corrected chi connectivity index (χ2v) is 5.21. The van der Waals surface area contributed by atoms with Crippen LogP contribution in [0.2, 0.25) is 0 Å². The van der Waals surface area contributed by atoms with Gasteiger partial charge < -0.3 is 9.73 Å². The molecule has 7 heteroatoms. The number of hydrogen-bond acceptors (Lipinski definition) is 4. The van der Waals surface area contributed by atoms with Crippen LogP contribution in [0.1, 0.15) is 42.7 Å². The molecule has 0 unspecified atom stereocenters. The van der Waals surface area contributed by atoms with Crippen molar-refractivity contribution in [1.82, 2.24) is 0 Å². The molecule has 0 aliphatic rings. The van der Waals surface area contributed by atoms with Crippen molar-refractivity contribution in [2.45, 2.75) is 38.9 Å². The largest absolute Gasteiger partial charge is 0.466 e. The first-order chi connectivity index (χ1) is 9.62. The van der Waals surface area contributed by atoms with Gasteiger partial charge in [-0.25, -0.2) is 0 Å². The molecule has 0 saturated heterocycles. The summed E-state index contributed by atoms with van der Waals surface area (Å²) >= 11 is 0. The predicted octanol–water partition coefficient (Wildman–Crippen LogP) is 3.02. The minimum atomic E-state index is -4.65. The first-order valence-electron chi connectivity index (χ1n) is 6.34. The lowest BCUT2D eigenvalue weighted by Crippen LogP contribution is -2.40. The summed E-state index contributed by atoms with van der Waals surface area (Å²) in [6.45, 7) is 4.96. The van der Waals surface area contributed by atoms with E-state index in [2.05, 4.69) is 5.32 Å². The molecule has 114 valence electrons. The van der Waals surface area contributed by atoms with E-state index in [-0.39, 0.29) is 22.9 Å². The lowest BCUT2D eigenvalue weighted by atomic mass is 10.0. The number of furan rings is 1. The highest BCUT2D eigenvalue weighted by Crippen LogP contribution is 2.37. The molecule has 1 N–H and O–H groups in total. The Kier molecular flexibility index (Phi) is 3.69. The molecule has 2 aromatic rings. The second kappa shape index (κ2) is 5.05. The fraction of sp³-hybridized carbons (Fsp3) is 0.429. The monoisotopic (exact) mass is 301 g/mol. The maximum Gasteiger partial charge on any atom is 0.415 e. The summed E-state index contributed by atoms with van der Waals surface area (Å²) in [5.41, 5.74) is -1.37.